The summed E-state index contributed by atoms with van der Waals surface area (Å²) >= 11 is 5.84. The van der Waals surface area contributed by atoms with E-state index in [-0.39, 0.29) is 11.5 Å². The topological polar surface area (TPSA) is 105 Å². The lowest BCUT2D eigenvalue weighted by Crippen LogP contribution is -2.16. The molecule has 1 amide bonds. The predicted octanol–water partition coefficient (Wildman–Crippen LogP) is 3.59. The molecule has 9 heteroatoms. The van der Waals surface area contributed by atoms with Crippen molar-refractivity contribution in [3.8, 4) is 5.69 Å². The number of para-hydroxylation sites is 1. The molecule has 2 heterocycles. The standard InChI is InChI=1S/C21H19ClN6O2/c22-14-8-10-15(11-9-14)25-18(29)7-4-12-23-21-26-19-17(20(30)27-21)13-24-28(19)16-5-2-1-3-6-16/h1-3,5-6,8-11,13H,4,7,12H2,(H,25,29)(H2,23,26,27,30). The second-order valence-electron chi connectivity index (χ2n) is 6.63. The maximum absolute atomic E-state index is 12.3. The fourth-order valence-corrected chi connectivity index (χ4v) is 3.10. The number of nitrogens with zero attached hydrogens (tertiary/aromatic N) is 3. The fraction of sp³-hybridized carbons (Fsp3) is 0.143. The van der Waals surface area contributed by atoms with E-state index in [1.165, 1.54) is 6.20 Å². The Morgan fingerprint density at radius 3 is 2.63 bits per heavy atom. The van der Waals surface area contributed by atoms with Crippen molar-refractivity contribution in [2.45, 2.75) is 12.8 Å². The van der Waals surface area contributed by atoms with Gasteiger partial charge in [0.2, 0.25) is 11.9 Å². The second-order valence-corrected chi connectivity index (χ2v) is 7.07. The van der Waals surface area contributed by atoms with E-state index < -0.39 is 0 Å². The minimum absolute atomic E-state index is 0.0989. The third-order valence-corrected chi connectivity index (χ3v) is 4.69. The molecule has 152 valence electrons. The molecule has 0 saturated heterocycles. The van der Waals surface area contributed by atoms with Gasteiger partial charge in [0.15, 0.2) is 5.65 Å². The van der Waals surface area contributed by atoms with Crippen molar-refractivity contribution in [1.29, 1.82) is 0 Å². The number of hydrogen-bond acceptors (Lipinski definition) is 5. The van der Waals surface area contributed by atoms with Gasteiger partial charge in [0.05, 0.1) is 11.9 Å². The van der Waals surface area contributed by atoms with Crippen LogP contribution in [0.4, 0.5) is 11.6 Å². The summed E-state index contributed by atoms with van der Waals surface area (Å²) in [6, 6.07) is 16.4. The van der Waals surface area contributed by atoms with E-state index in [2.05, 4.69) is 25.7 Å². The number of fused-ring (bicyclic) bond motifs is 1. The molecule has 0 fully saturated rings. The number of rotatable bonds is 7. The highest BCUT2D eigenvalue weighted by atomic mass is 35.5. The number of aromatic amines is 1. The molecular formula is C21H19ClN6O2. The molecule has 0 spiro atoms. The molecule has 8 nitrogen and oxygen atoms in total. The predicted molar refractivity (Wildman–Crippen MR) is 117 cm³/mol. The summed E-state index contributed by atoms with van der Waals surface area (Å²) in [7, 11) is 0. The van der Waals surface area contributed by atoms with Crippen LogP contribution in [-0.2, 0) is 4.79 Å². The lowest BCUT2D eigenvalue weighted by Gasteiger charge is -2.08. The maximum Gasteiger partial charge on any atom is 0.263 e. The molecule has 0 saturated carbocycles. The molecule has 0 radical (unpaired) electrons. The molecule has 3 N–H and O–H groups in total. The number of hydrogen-bond donors (Lipinski definition) is 3. The number of H-pyrrole nitrogens is 1. The molecule has 0 aliphatic heterocycles. The third kappa shape index (κ3) is 4.49. The minimum atomic E-state index is -0.273. The van der Waals surface area contributed by atoms with Crippen molar-refractivity contribution in [1.82, 2.24) is 19.7 Å². The average molecular weight is 423 g/mol. The zero-order valence-corrected chi connectivity index (χ0v) is 16.7. The summed E-state index contributed by atoms with van der Waals surface area (Å²) in [5.41, 5.74) is 1.71. The van der Waals surface area contributed by atoms with Gasteiger partial charge in [0.25, 0.3) is 5.56 Å². The molecule has 4 aromatic rings. The number of benzene rings is 2. The maximum atomic E-state index is 12.3. The van der Waals surface area contributed by atoms with E-state index in [1.807, 2.05) is 30.3 Å². The molecule has 2 aromatic carbocycles. The van der Waals surface area contributed by atoms with Gasteiger partial charge in [-0.3, -0.25) is 14.6 Å². The summed E-state index contributed by atoms with van der Waals surface area (Å²) < 4.78 is 1.62. The average Bonchev–Trinajstić information content (AvgIpc) is 3.18. The van der Waals surface area contributed by atoms with Gasteiger partial charge in [-0.1, -0.05) is 29.8 Å². The molecule has 0 aliphatic rings. The Bertz CT molecular complexity index is 1220. The van der Waals surface area contributed by atoms with Gasteiger partial charge in [-0.2, -0.15) is 10.1 Å². The van der Waals surface area contributed by atoms with Crippen LogP contribution in [0.25, 0.3) is 16.7 Å². The number of aromatic nitrogens is 4. The van der Waals surface area contributed by atoms with E-state index in [1.54, 1.807) is 28.9 Å². The molecule has 0 atom stereocenters. The van der Waals surface area contributed by atoms with E-state index in [0.717, 1.165) is 5.69 Å². The Labute approximate surface area is 176 Å². The summed E-state index contributed by atoms with van der Waals surface area (Å²) in [4.78, 5) is 31.6. The number of carbonyl (C=O) groups excluding carboxylic acids is 1. The SMILES string of the molecule is O=C(CCCNc1nc2c(cnn2-c2ccccc2)c(=O)[nH]1)Nc1ccc(Cl)cc1. The monoisotopic (exact) mass is 422 g/mol. The van der Waals surface area contributed by atoms with Crippen LogP contribution >= 0.6 is 11.6 Å². The van der Waals surface area contributed by atoms with Gasteiger partial charge in [-0.15, -0.1) is 0 Å². The largest absolute Gasteiger partial charge is 0.356 e. The number of carbonyl (C=O) groups is 1. The normalized spacial score (nSPS) is 10.8. The molecule has 0 aliphatic carbocycles. The summed E-state index contributed by atoms with van der Waals surface area (Å²) in [5, 5.41) is 11.2. The zero-order chi connectivity index (χ0) is 20.9. The van der Waals surface area contributed by atoms with E-state index in [0.29, 0.717) is 47.1 Å². The first-order valence-corrected chi connectivity index (χ1v) is 9.81. The number of nitrogens with one attached hydrogen (secondary N) is 3. The lowest BCUT2D eigenvalue weighted by molar-refractivity contribution is -0.116. The van der Waals surface area contributed by atoms with Crippen molar-refractivity contribution in [3.05, 3.63) is 76.2 Å². The highest BCUT2D eigenvalue weighted by Gasteiger charge is 2.11. The van der Waals surface area contributed by atoms with Crippen LogP contribution in [0.2, 0.25) is 5.02 Å². The number of amides is 1. The van der Waals surface area contributed by atoms with Crippen molar-refractivity contribution in [2.75, 3.05) is 17.2 Å². The summed E-state index contributed by atoms with van der Waals surface area (Å²) in [6.07, 6.45) is 2.39. The van der Waals surface area contributed by atoms with Crippen LogP contribution in [0, 0.1) is 0 Å². The molecule has 4 rings (SSSR count). The molecule has 0 unspecified atom stereocenters. The smallest absolute Gasteiger partial charge is 0.263 e. The van der Waals surface area contributed by atoms with Gasteiger partial charge >= 0.3 is 0 Å². The van der Waals surface area contributed by atoms with E-state index in [4.69, 9.17) is 11.6 Å². The van der Waals surface area contributed by atoms with Crippen LogP contribution in [0.15, 0.2) is 65.6 Å². The summed E-state index contributed by atoms with van der Waals surface area (Å²) in [6.45, 7) is 0.474. The quantitative estimate of drug-likeness (QED) is 0.395. The van der Waals surface area contributed by atoms with E-state index >= 15 is 0 Å². The van der Waals surface area contributed by atoms with Crippen LogP contribution < -0.4 is 16.2 Å². The minimum Gasteiger partial charge on any atom is -0.356 e. The Hall–Kier alpha value is -3.65. The van der Waals surface area contributed by atoms with Crippen LogP contribution in [0.3, 0.4) is 0 Å². The number of anilines is 2. The fourth-order valence-electron chi connectivity index (χ4n) is 2.97. The third-order valence-electron chi connectivity index (χ3n) is 4.44. The van der Waals surface area contributed by atoms with Crippen molar-refractivity contribution >= 4 is 40.2 Å². The van der Waals surface area contributed by atoms with Crippen molar-refractivity contribution in [2.24, 2.45) is 0 Å². The Morgan fingerprint density at radius 2 is 1.87 bits per heavy atom. The van der Waals surface area contributed by atoms with Crippen LogP contribution in [-0.4, -0.2) is 32.2 Å². The first-order valence-electron chi connectivity index (χ1n) is 9.43. The molecule has 30 heavy (non-hydrogen) atoms. The molecule has 0 bridgehead atoms. The van der Waals surface area contributed by atoms with Gasteiger partial charge in [-0.25, -0.2) is 4.68 Å². The summed E-state index contributed by atoms with van der Waals surface area (Å²) in [5.74, 6) is 0.237. The highest BCUT2D eigenvalue weighted by Crippen LogP contribution is 2.15. The Morgan fingerprint density at radius 1 is 1.10 bits per heavy atom. The van der Waals surface area contributed by atoms with Crippen molar-refractivity contribution in [3.63, 3.8) is 0 Å². The highest BCUT2D eigenvalue weighted by molar-refractivity contribution is 6.30. The Balaban J connectivity index is 1.38. The Kier molecular flexibility index (Phi) is 5.76. The lowest BCUT2D eigenvalue weighted by atomic mass is 10.2. The van der Waals surface area contributed by atoms with Crippen LogP contribution in [0.5, 0.6) is 0 Å². The molecular weight excluding hydrogens is 404 g/mol. The molecule has 2 aromatic heterocycles. The number of halogens is 1. The first kappa shape index (κ1) is 19.7. The second kappa shape index (κ2) is 8.79. The van der Waals surface area contributed by atoms with Crippen LogP contribution in [0.1, 0.15) is 12.8 Å². The van der Waals surface area contributed by atoms with E-state index in [9.17, 15) is 9.59 Å². The van der Waals surface area contributed by atoms with Crippen molar-refractivity contribution < 1.29 is 4.79 Å². The van der Waals surface area contributed by atoms with Gasteiger partial charge in [0, 0.05) is 23.7 Å². The zero-order valence-electron chi connectivity index (χ0n) is 15.9. The van der Waals surface area contributed by atoms with Gasteiger partial charge < -0.3 is 10.6 Å². The van der Waals surface area contributed by atoms with Gasteiger partial charge in [0.1, 0.15) is 5.39 Å². The van der Waals surface area contributed by atoms with Gasteiger partial charge in [-0.05, 0) is 42.8 Å². The first-order chi connectivity index (χ1) is 14.6.